The van der Waals surface area contributed by atoms with E-state index in [-0.39, 0.29) is 5.91 Å². The summed E-state index contributed by atoms with van der Waals surface area (Å²) in [7, 11) is 0. The quantitative estimate of drug-likeness (QED) is 0.527. The Balaban J connectivity index is 1.40. The fourth-order valence-corrected chi connectivity index (χ4v) is 4.13. The molecule has 5 rings (SSSR count). The Morgan fingerprint density at radius 2 is 2.00 bits per heavy atom. The van der Waals surface area contributed by atoms with Gasteiger partial charge in [0.25, 0.3) is 5.91 Å². The molecular formula is C21H19N7OS. The molecule has 0 bridgehead atoms. The van der Waals surface area contributed by atoms with Crippen molar-refractivity contribution in [2.45, 2.75) is 0 Å². The third-order valence-electron chi connectivity index (χ3n) is 4.98. The third kappa shape index (κ3) is 3.72. The first kappa shape index (κ1) is 18.6. The number of amides is 1. The molecule has 150 valence electrons. The van der Waals surface area contributed by atoms with Crippen molar-refractivity contribution in [2.24, 2.45) is 0 Å². The van der Waals surface area contributed by atoms with Gasteiger partial charge in [-0.3, -0.25) is 9.78 Å². The Labute approximate surface area is 177 Å². The molecule has 0 unspecified atom stereocenters. The second-order valence-electron chi connectivity index (χ2n) is 6.88. The molecular weight excluding hydrogens is 398 g/mol. The molecule has 9 heteroatoms. The third-order valence-corrected chi connectivity index (χ3v) is 5.79. The van der Waals surface area contributed by atoms with Crippen LogP contribution >= 0.6 is 11.3 Å². The van der Waals surface area contributed by atoms with Crippen molar-refractivity contribution in [3.63, 3.8) is 0 Å². The highest BCUT2D eigenvalue weighted by Gasteiger charge is 2.17. The molecule has 4 aromatic rings. The summed E-state index contributed by atoms with van der Waals surface area (Å²) in [5, 5.41) is 6.30. The second kappa shape index (κ2) is 8.13. The first-order valence-electron chi connectivity index (χ1n) is 9.66. The van der Waals surface area contributed by atoms with Gasteiger partial charge in [-0.25, -0.2) is 15.0 Å². The van der Waals surface area contributed by atoms with Crippen LogP contribution in [0.25, 0.3) is 21.6 Å². The van der Waals surface area contributed by atoms with E-state index in [0.717, 1.165) is 47.6 Å². The first-order valence-corrected chi connectivity index (χ1v) is 10.5. The second-order valence-corrected chi connectivity index (χ2v) is 7.77. The Morgan fingerprint density at radius 1 is 1.10 bits per heavy atom. The smallest absolute Gasteiger partial charge is 0.274 e. The predicted octanol–water partition coefficient (Wildman–Crippen LogP) is 2.81. The van der Waals surface area contributed by atoms with Crippen molar-refractivity contribution in [2.75, 3.05) is 36.4 Å². The normalized spacial score (nSPS) is 14.1. The molecule has 2 N–H and O–H groups in total. The van der Waals surface area contributed by atoms with E-state index in [0.29, 0.717) is 17.2 Å². The number of pyridine rings is 1. The summed E-state index contributed by atoms with van der Waals surface area (Å²) in [6, 6.07) is 9.41. The largest absolute Gasteiger partial charge is 0.367 e. The van der Waals surface area contributed by atoms with E-state index in [2.05, 4.69) is 35.5 Å². The van der Waals surface area contributed by atoms with Crippen LogP contribution in [-0.2, 0) is 0 Å². The molecule has 30 heavy (non-hydrogen) atoms. The van der Waals surface area contributed by atoms with Crippen LogP contribution in [0.2, 0.25) is 0 Å². The van der Waals surface area contributed by atoms with Gasteiger partial charge in [-0.05, 0) is 30.3 Å². The minimum Gasteiger partial charge on any atom is -0.367 e. The van der Waals surface area contributed by atoms with E-state index in [4.69, 9.17) is 0 Å². The molecule has 0 atom stereocenters. The highest BCUT2D eigenvalue weighted by molar-refractivity contribution is 7.16. The summed E-state index contributed by atoms with van der Waals surface area (Å²) >= 11 is 1.58. The summed E-state index contributed by atoms with van der Waals surface area (Å²) in [6.07, 6.45) is 5.01. The van der Waals surface area contributed by atoms with Crippen molar-refractivity contribution in [1.82, 2.24) is 25.3 Å². The lowest BCUT2D eigenvalue weighted by Gasteiger charge is -2.30. The number of carbonyl (C=O) groups excluding carboxylic acids is 1. The molecule has 4 heterocycles. The van der Waals surface area contributed by atoms with Crippen molar-refractivity contribution in [1.29, 1.82) is 0 Å². The number of nitrogens with zero attached hydrogens (tertiary/aromatic N) is 5. The monoisotopic (exact) mass is 417 g/mol. The summed E-state index contributed by atoms with van der Waals surface area (Å²) in [6.45, 7) is 3.58. The van der Waals surface area contributed by atoms with E-state index >= 15 is 0 Å². The number of aromatic nitrogens is 4. The Kier molecular flexibility index (Phi) is 5.04. The van der Waals surface area contributed by atoms with Crippen LogP contribution in [0.4, 0.5) is 11.4 Å². The molecule has 8 nitrogen and oxygen atoms in total. The van der Waals surface area contributed by atoms with Gasteiger partial charge in [0.1, 0.15) is 5.69 Å². The summed E-state index contributed by atoms with van der Waals surface area (Å²) in [5.74, 6) is 0.198. The van der Waals surface area contributed by atoms with E-state index in [1.54, 1.807) is 36.0 Å². The van der Waals surface area contributed by atoms with Crippen LogP contribution in [0, 0.1) is 0 Å². The minimum atomic E-state index is -0.294. The SMILES string of the molecule is O=C(Nc1cnccc1N1CCNCC1)c1ccnc(-c2ccc3scnc3c2)n1. The van der Waals surface area contributed by atoms with E-state index in [1.807, 2.05) is 29.8 Å². The van der Waals surface area contributed by atoms with Gasteiger partial charge in [0.2, 0.25) is 0 Å². The van der Waals surface area contributed by atoms with Crippen molar-refractivity contribution < 1.29 is 4.79 Å². The predicted molar refractivity (Wildman–Crippen MR) is 118 cm³/mol. The fourth-order valence-electron chi connectivity index (χ4n) is 3.47. The highest BCUT2D eigenvalue weighted by Crippen LogP contribution is 2.26. The van der Waals surface area contributed by atoms with Crippen LogP contribution in [0.15, 0.2) is 54.4 Å². The molecule has 1 aromatic carbocycles. The molecule has 1 amide bonds. The first-order chi connectivity index (χ1) is 14.8. The number of thiazole rings is 1. The number of hydrogen-bond donors (Lipinski definition) is 2. The van der Waals surface area contributed by atoms with Crippen LogP contribution in [-0.4, -0.2) is 52.0 Å². The van der Waals surface area contributed by atoms with E-state index in [9.17, 15) is 4.79 Å². The standard InChI is InChI=1S/C21H19N7OS/c29-21(27-17-12-23-5-4-18(17)28-9-7-22-8-10-28)15-3-6-24-20(26-15)14-1-2-19-16(11-14)25-13-30-19/h1-6,11-13,22H,7-10H2,(H,27,29). The summed E-state index contributed by atoms with van der Waals surface area (Å²) < 4.78 is 1.10. The summed E-state index contributed by atoms with van der Waals surface area (Å²) in [4.78, 5) is 32.5. The van der Waals surface area contributed by atoms with Gasteiger partial charge in [0.15, 0.2) is 5.82 Å². The number of piperazine rings is 1. The number of fused-ring (bicyclic) bond motifs is 1. The Morgan fingerprint density at radius 3 is 2.90 bits per heavy atom. The number of rotatable bonds is 4. The van der Waals surface area contributed by atoms with Crippen LogP contribution in [0.1, 0.15) is 10.5 Å². The zero-order chi connectivity index (χ0) is 20.3. The Bertz CT molecular complexity index is 1200. The van der Waals surface area contributed by atoms with Gasteiger partial charge in [0, 0.05) is 44.1 Å². The van der Waals surface area contributed by atoms with Crippen LogP contribution < -0.4 is 15.5 Å². The van der Waals surface area contributed by atoms with Crippen LogP contribution in [0.3, 0.4) is 0 Å². The number of benzene rings is 1. The number of hydrogen-bond acceptors (Lipinski definition) is 8. The molecule has 0 saturated carbocycles. The average molecular weight is 417 g/mol. The van der Waals surface area contributed by atoms with Gasteiger partial charge < -0.3 is 15.5 Å². The lowest BCUT2D eigenvalue weighted by molar-refractivity contribution is 0.102. The van der Waals surface area contributed by atoms with Gasteiger partial charge in [-0.2, -0.15) is 0 Å². The van der Waals surface area contributed by atoms with Crippen molar-refractivity contribution in [3.05, 3.63) is 60.1 Å². The maximum Gasteiger partial charge on any atom is 0.274 e. The molecule has 0 spiro atoms. The van der Waals surface area contributed by atoms with Crippen molar-refractivity contribution >= 4 is 38.8 Å². The molecule has 0 radical (unpaired) electrons. The lowest BCUT2D eigenvalue weighted by Crippen LogP contribution is -2.43. The topological polar surface area (TPSA) is 95.9 Å². The van der Waals surface area contributed by atoms with Gasteiger partial charge in [0.05, 0.1) is 33.3 Å². The lowest BCUT2D eigenvalue weighted by atomic mass is 10.2. The highest BCUT2D eigenvalue weighted by atomic mass is 32.1. The molecule has 1 saturated heterocycles. The minimum absolute atomic E-state index is 0.294. The van der Waals surface area contributed by atoms with Gasteiger partial charge in [-0.1, -0.05) is 0 Å². The molecule has 0 aliphatic carbocycles. The molecule has 1 fully saturated rings. The van der Waals surface area contributed by atoms with Gasteiger partial charge in [-0.15, -0.1) is 11.3 Å². The maximum absolute atomic E-state index is 12.9. The zero-order valence-corrected chi connectivity index (χ0v) is 16.9. The van der Waals surface area contributed by atoms with Crippen molar-refractivity contribution in [3.8, 4) is 11.4 Å². The number of nitrogens with one attached hydrogen (secondary N) is 2. The van der Waals surface area contributed by atoms with Crippen LogP contribution in [0.5, 0.6) is 0 Å². The number of anilines is 2. The molecule has 3 aromatic heterocycles. The van der Waals surface area contributed by atoms with E-state index in [1.165, 1.54) is 0 Å². The molecule has 1 aliphatic rings. The fraction of sp³-hybridized carbons (Fsp3) is 0.190. The average Bonchev–Trinajstić information content (AvgIpc) is 3.28. The molecule has 1 aliphatic heterocycles. The maximum atomic E-state index is 12.9. The van der Waals surface area contributed by atoms with E-state index < -0.39 is 0 Å². The summed E-state index contributed by atoms with van der Waals surface area (Å²) in [5.41, 5.74) is 5.46. The Hall–Kier alpha value is -3.43. The number of carbonyl (C=O) groups is 1. The van der Waals surface area contributed by atoms with Gasteiger partial charge >= 0.3 is 0 Å². The zero-order valence-electron chi connectivity index (χ0n) is 16.1.